The number of hydrogen-bond acceptors (Lipinski definition) is 6. The first-order valence-electron chi connectivity index (χ1n) is 7.66. The Bertz CT molecular complexity index is 1040. The Labute approximate surface area is 142 Å². The van der Waals surface area contributed by atoms with E-state index in [1.807, 2.05) is 55.6 Å². The second-order valence-electron chi connectivity index (χ2n) is 5.51. The number of carbonyl (C=O) groups is 1. The molecule has 4 rings (SSSR count). The Balaban J connectivity index is 1.51. The number of para-hydroxylation sites is 1. The molecule has 0 saturated carbocycles. The van der Waals surface area contributed by atoms with Crippen molar-refractivity contribution in [3.8, 4) is 5.69 Å². The quantitative estimate of drug-likeness (QED) is 0.530. The van der Waals surface area contributed by atoms with Crippen molar-refractivity contribution in [2.75, 3.05) is 0 Å². The number of nitrogens with zero attached hydrogens (tertiary/aromatic N) is 6. The predicted molar refractivity (Wildman–Crippen MR) is 88.2 cm³/mol. The van der Waals surface area contributed by atoms with Crippen LogP contribution in [0.2, 0.25) is 0 Å². The van der Waals surface area contributed by atoms with E-state index in [1.54, 1.807) is 10.6 Å². The van der Waals surface area contributed by atoms with Crippen LogP contribution in [0.25, 0.3) is 11.3 Å². The average molecular weight is 334 g/mol. The van der Waals surface area contributed by atoms with Gasteiger partial charge >= 0.3 is 5.97 Å². The standard InChI is InChI=1S/C17H14N6O2/c1-12-7-8-22-10-14(18-15(22)9-12)17(24)25-11-16-19-20-21-23(16)13-5-3-2-4-6-13/h2-10H,11H2,1H3. The first kappa shape index (κ1) is 15.0. The largest absolute Gasteiger partial charge is 0.453 e. The molecule has 1 aromatic carbocycles. The molecule has 0 aliphatic carbocycles. The zero-order valence-corrected chi connectivity index (χ0v) is 13.4. The molecule has 0 bridgehead atoms. The summed E-state index contributed by atoms with van der Waals surface area (Å²) >= 11 is 0. The van der Waals surface area contributed by atoms with Crippen LogP contribution in [0.4, 0.5) is 0 Å². The van der Waals surface area contributed by atoms with Crippen LogP contribution in [0.15, 0.2) is 54.9 Å². The van der Waals surface area contributed by atoms with Gasteiger partial charge in [0.1, 0.15) is 5.65 Å². The number of benzene rings is 1. The van der Waals surface area contributed by atoms with E-state index in [2.05, 4.69) is 20.5 Å². The summed E-state index contributed by atoms with van der Waals surface area (Å²) in [6.45, 7) is 1.92. The van der Waals surface area contributed by atoms with E-state index >= 15 is 0 Å². The van der Waals surface area contributed by atoms with Gasteiger partial charge in [-0.2, -0.15) is 4.68 Å². The number of aromatic nitrogens is 6. The smallest absolute Gasteiger partial charge is 0.359 e. The zero-order chi connectivity index (χ0) is 17.2. The molecule has 3 heterocycles. The molecule has 8 nitrogen and oxygen atoms in total. The lowest BCUT2D eigenvalue weighted by Gasteiger charge is -2.04. The number of ether oxygens (including phenoxy) is 1. The van der Waals surface area contributed by atoms with Gasteiger partial charge in [0.25, 0.3) is 0 Å². The van der Waals surface area contributed by atoms with Gasteiger partial charge in [0.2, 0.25) is 0 Å². The van der Waals surface area contributed by atoms with Gasteiger partial charge < -0.3 is 9.14 Å². The van der Waals surface area contributed by atoms with Gasteiger partial charge in [-0.1, -0.05) is 18.2 Å². The molecule has 0 unspecified atom stereocenters. The average Bonchev–Trinajstić information content (AvgIpc) is 3.26. The van der Waals surface area contributed by atoms with Gasteiger partial charge in [-0.05, 0) is 47.2 Å². The Morgan fingerprint density at radius 1 is 1.20 bits per heavy atom. The number of esters is 1. The van der Waals surface area contributed by atoms with Crippen LogP contribution < -0.4 is 0 Å². The lowest BCUT2D eigenvalue weighted by Crippen LogP contribution is -2.10. The van der Waals surface area contributed by atoms with Gasteiger partial charge in [0, 0.05) is 12.4 Å². The minimum absolute atomic E-state index is 0.0480. The molecule has 0 aliphatic rings. The van der Waals surface area contributed by atoms with E-state index in [0.29, 0.717) is 11.5 Å². The van der Waals surface area contributed by atoms with E-state index < -0.39 is 5.97 Å². The maximum Gasteiger partial charge on any atom is 0.359 e. The Morgan fingerprint density at radius 2 is 2.04 bits per heavy atom. The van der Waals surface area contributed by atoms with Gasteiger partial charge in [0.15, 0.2) is 18.1 Å². The summed E-state index contributed by atoms with van der Waals surface area (Å²) in [5, 5.41) is 11.5. The van der Waals surface area contributed by atoms with Crippen molar-refractivity contribution in [3.63, 3.8) is 0 Å². The second kappa shape index (κ2) is 6.16. The fraction of sp³-hybridized carbons (Fsp3) is 0.118. The molecule has 0 N–H and O–H groups in total. The maximum atomic E-state index is 12.3. The Kier molecular flexibility index (Phi) is 3.70. The minimum Gasteiger partial charge on any atom is -0.453 e. The van der Waals surface area contributed by atoms with E-state index in [4.69, 9.17) is 4.74 Å². The number of rotatable bonds is 4. The van der Waals surface area contributed by atoms with Crippen LogP contribution in [-0.4, -0.2) is 35.6 Å². The predicted octanol–water partition coefficient (Wildman–Crippen LogP) is 1.98. The molecule has 3 aromatic heterocycles. The molecule has 124 valence electrons. The normalized spacial score (nSPS) is 10.9. The number of fused-ring (bicyclic) bond motifs is 1. The summed E-state index contributed by atoms with van der Waals surface area (Å²) in [4.78, 5) is 16.6. The molecule has 0 saturated heterocycles. The molecule has 8 heteroatoms. The third-order valence-corrected chi connectivity index (χ3v) is 3.69. The van der Waals surface area contributed by atoms with Crippen molar-refractivity contribution in [2.45, 2.75) is 13.5 Å². The van der Waals surface area contributed by atoms with Crippen LogP contribution >= 0.6 is 0 Å². The lowest BCUT2D eigenvalue weighted by molar-refractivity contribution is 0.0453. The number of aryl methyl sites for hydroxylation is 1. The third kappa shape index (κ3) is 2.97. The first-order valence-corrected chi connectivity index (χ1v) is 7.66. The van der Waals surface area contributed by atoms with Crippen LogP contribution in [0, 0.1) is 6.92 Å². The lowest BCUT2D eigenvalue weighted by atomic mass is 10.3. The van der Waals surface area contributed by atoms with Crippen molar-refractivity contribution in [3.05, 3.63) is 71.9 Å². The van der Waals surface area contributed by atoms with Gasteiger partial charge in [-0.15, -0.1) is 5.10 Å². The number of tetrazole rings is 1. The van der Waals surface area contributed by atoms with Crippen molar-refractivity contribution in [1.29, 1.82) is 0 Å². The first-order chi connectivity index (χ1) is 12.2. The molecule has 4 aromatic rings. The van der Waals surface area contributed by atoms with Crippen LogP contribution in [0.5, 0.6) is 0 Å². The maximum absolute atomic E-state index is 12.3. The molecular weight excluding hydrogens is 320 g/mol. The van der Waals surface area contributed by atoms with Crippen LogP contribution in [-0.2, 0) is 11.3 Å². The molecule has 0 aliphatic heterocycles. The number of carbonyl (C=O) groups excluding carboxylic acids is 1. The van der Waals surface area contributed by atoms with Crippen LogP contribution in [0.1, 0.15) is 21.9 Å². The summed E-state index contributed by atoms with van der Waals surface area (Å²) in [7, 11) is 0. The van der Waals surface area contributed by atoms with E-state index in [0.717, 1.165) is 11.3 Å². The van der Waals surface area contributed by atoms with Crippen molar-refractivity contribution >= 4 is 11.6 Å². The molecule has 0 fully saturated rings. The highest BCUT2D eigenvalue weighted by Gasteiger charge is 2.15. The summed E-state index contributed by atoms with van der Waals surface area (Å²) in [6, 6.07) is 13.2. The molecular formula is C17H14N6O2. The molecule has 0 spiro atoms. The van der Waals surface area contributed by atoms with E-state index in [-0.39, 0.29) is 12.3 Å². The van der Waals surface area contributed by atoms with Crippen LogP contribution in [0.3, 0.4) is 0 Å². The van der Waals surface area contributed by atoms with Gasteiger partial charge in [-0.3, -0.25) is 0 Å². The van der Waals surface area contributed by atoms with E-state index in [9.17, 15) is 4.79 Å². The SMILES string of the molecule is Cc1ccn2cc(C(=O)OCc3nnnn3-c3ccccc3)nc2c1. The summed E-state index contributed by atoms with van der Waals surface area (Å²) in [6.07, 6.45) is 3.49. The third-order valence-electron chi connectivity index (χ3n) is 3.69. The van der Waals surface area contributed by atoms with E-state index in [1.165, 1.54) is 4.68 Å². The summed E-state index contributed by atoms with van der Waals surface area (Å²) < 4.78 is 8.62. The molecule has 0 radical (unpaired) electrons. The highest BCUT2D eigenvalue weighted by atomic mass is 16.5. The second-order valence-corrected chi connectivity index (χ2v) is 5.51. The molecule has 25 heavy (non-hydrogen) atoms. The highest BCUT2D eigenvalue weighted by Crippen LogP contribution is 2.11. The summed E-state index contributed by atoms with van der Waals surface area (Å²) in [5.74, 6) is -0.0943. The monoisotopic (exact) mass is 334 g/mol. The van der Waals surface area contributed by atoms with Crippen molar-refractivity contribution in [2.24, 2.45) is 0 Å². The van der Waals surface area contributed by atoms with Gasteiger partial charge in [0.05, 0.1) is 5.69 Å². The summed E-state index contributed by atoms with van der Waals surface area (Å²) in [5.41, 5.74) is 2.80. The molecule has 0 amide bonds. The zero-order valence-electron chi connectivity index (χ0n) is 13.4. The number of imidazole rings is 1. The van der Waals surface area contributed by atoms with Crippen molar-refractivity contribution in [1.82, 2.24) is 29.6 Å². The Morgan fingerprint density at radius 3 is 2.88 bits per heavy atom. The fourth-order valence-corrected chi connectivity index (χ4v) is 2.45. The fourth-order valence-electron chi connectivity index (χ4n) is 2.45. The number of pyridine rings is 1. The number of hydrogen-bond donors (Lipinski definition) is 0. The topological polar surface area (TPSA) is 87.2 Å². The minimum atomic E-state index is -0.524. The highest BCUT2D eigenvalue weighted by molar-refractivity contribution is 5.87. The van der Waals surface area contributed by atoms with Gasteiger partial charge in [-0.25, -0.2) is 9.78 Å². The Hall–Kier alpha value is -3.55. The molecule has 0 atom stereocenters. The van der Waals surface area contributed by atoms with Crippen molar-refractivity contribution < 1.29 is 9.53 Å².